The standard InChI is InChI=1S/C11H8NS.Y/c1-7-12-10-6-8-4-2-3-5-9(8)11(10)13-7;/h2-4H,6H2,1H3;/q-1;. The number of nitrogens with zero attached hydrogens (tertiary/aromatic N) is 1. The smallest absolute Gasteiger partial charge is 0.0802 e. The van der Waals surface area contributed by atoms with E-state index in [-0.39, 0.29) is 32.7 Å². The van der Waals surface area contributed by atoms with E-state index in [1.807, 2.05) is 12.1 Å². The Morgan fingerprint density at radius 2 is 2.36 bits per heavy atom. The minimum absolute atomic E-state index is 0. The van der Waals surface area contributed by atoms with Crippen LogP contribution in [-0.2, 0) is 39.1 Å². The van der Waals surface area contributed by atoms with Gasteiger partial charge in [0.15, 0.2) is 0 Å². The summed E-state index contributed by atoms with van der Waals surface area (Å²) < 4.78 is 0. The van der Waals surface area contributed by atoms with Gasteiger partial charge >= 0.3 is 0 Å². The molecule has 0 atom stereocenters. The van der Waals surface area contributed by atoms with Crippen molar-refractivity contribution in [3.63, 3.8) is 0 Å². The summed E-state index contributed by atoms with van der Waals surface area (Å²) in [6, 6.07) is 9.47. The molecular weight excluding hydrogens is 267 g/mol. The molecule has 1 radical (unpaired) electrons. The Hall–Kier alpha value is -0.0461. The number of fused-ring (bicyclic) bond motifs is 3. The van der Waals surface area contributed by atoms with Crippen molar-refractivity contribution in [3.8, 4) is 10.4 Å². The van der Waals surface area contributed by atoms with Gasteiger partial charge in [0.05, 0.1) is 5.01 Å². The summed E-state index contributed by atoms with van der Waals surface area (Å²) in [7, 11) is 0. The topological polar surface area (TPSA) is 12.9 Å². The number of thiazole rings is 1. The minimum atomic E-state index is 0. The molecule has 0 saturated carbocycles. The molecule has 0 bridgehead atoms. The van der Waals surface area contributed by atoms with Gasteiger partial charge in [0.2, 0.25) is 0 Å². The molecule has 3 heteroatoms. The Morgan fingerprint density at radius 1 is 1.50 bits per heavy atom. The van der Waals surface area contributed by atoms with Gasteiger partial charge in [0.25, 0.3) is 0 Å². The molecule has 1 nitrogen and oxygen atoms in total. The average Bonchev–Trinajstić information content (AvgIpc) is 2.60. The Bertz CT molecular complexity index is 476. The van der Waals surface area contributed by atoms with Crippen LogP contribution in [0.15, 0.2) is 18.2 Å². The first-order valence-electron chi connectivity index (χ1n) is 4.31. The second kappa shape index (κ2) is 3.84. The van der Waals surface area contributed by atoms with Crippen LogP contribution in [-0.4, -0.2) is 4.98 Å². The van der Waals surface area contributed by atoms with Crippen molar-refractivity contribution in [2.75, 3.05) is 0 Å². The van der Waals surface area contributed by atoms with Gasteiger partial charge in [-0.15, -0.1) is 35.4 Å². The van der Waals surface area contributed by atoms with Crippen molar-refractivity contribution >= 4 is 11.3 Å². The zero-order valence-corrected chi connectivity index (χ0v) is 11.5. The van der Waals surface area contributed by atoms with Gasteiger partial charge in [0.1, 0.15) is 0 Å². The summed E-state index contributed by atoms with van der Waals surface area (Å²) in [5.41, 5.74) is 3.87. The van der Waals surface area contributed by atoms with Gasteiger partial charge in [-0.05, 0) is 18.2 Å². The maximum atomic E-state index is 4.50. The molecule has 14 heavy (non-hydrogen) atoms. The average molecular weight is 275 g/mol. The summed E-state index contributed by atoms with van der Waals surface area (Å²) in [5.74, 6) is 0. The van der Waals surface area contributed by atoms with Crippen LogP contribution in [0.4, 0.5) is 0 Å². The van der Waals surface area contributed by atoms with Crippen molar-refractivity contribution < 1.29 is 32.7 Å². The quantitative estimate of drug-likeness (QED) is 0.575. The summed E-state index contributed by atoms with van der Waals surface area (Å²) >= 11 is 1.78. The molecule has 0 spiro atoms. The van der Waals surface area contributed by atoms with E-state index in [0.717, 1.165) is 11.4 Å². The fourth-order valence-electron chi connectivity index (χ4n) is 1.80. The second-order valence-corrected chi connectivity index (χ2v) is 4.46. The number of aromatic nitrogens is 1. The molecule has 1 aromatic heterocycles. The monoisotopic (exact) mass is 275 g/mol. The normalized spacial score (nSPS) is 11.8. The molecule has 0 amide bonds. The summed E-state index contributed by atoms with van der Waals surface area (Å²) in [6.45, 7) is 2.06. The number of hydrogen-bond donors (Lipinski definition) is 0. The van der Waals surface area contributed by atoms with Gasteiger partial charge in [-0.25, -0.2) is 0 Å². The molecular formula is C11H8NSY-. The molecule has 67 valence electrons. The van der Waals surface area contributed by atoms with Crippen molar-refractivity contribution in [2.45, 2.75) is 13.3 Å². The molecule has 1 aliphatic rings. The largest absolute Gasteiger partial charge is 0.257 e. The minimum Gasteiger partial charge on any atom is -0.257 e. The maximum absolute atomic E-state index is 4.50. The number of hydrogen-bond acceptors (Lipinski definition) is 2. The van der Waals surface area contributed by atoms with Gasteiger partial charge in [0, 0.05) is 38.4 Å². The van der Waals surface area contributed by atoms with Gasteiger partial charge < -0.3 is 0 Å². The van der Waals surface area contributed by atoms with Gasteiger partial charge in [-0.3, -0.25) is 4.98 Å². The molecule has 2 aromatic rings. The predicted octanol–water partition coefficient (Wildman–Crippen LogP) is 2.82. The first-order valence-corrected chi connectivity index (χ1v) is 5.12. The molecule has 0 aliphatic heterocycles. The van der Waals surface area contributed by atoms with Crippen LogP contribution in [0, 0.1) is 13.0 Å². The maximum Gasteiger partial charge on any atom is 0.0802 e. The third-order valence-corrected chi connectivity index (χ3v) is 3.36. The van der Waals surface area contributed by atoms with E-state index in [4.69, 9.17) is 0 Å². The van der Waals surface area contributed by atoms with E-state index < -0.39 is 0 Å². The van der Waals surface area contributed by atoms with E-state index in [1.165, 1.54) is 21.7 Å². The van der Waals surface area contributed by atoms with E-state index >= 15 is 0 Å². The van der Waals surface area contributed by atoms with Crippen LogP contribution in [0.25, 0.3) is 10.4 Å². The molecule has 0 saturated heterocycles. The summed E-state index contributed by atoms with van der Waals surface area (Å²) in [4.78, 5) is 5.83. The third-order valence-electron chi connectivity index (χ3n) is 2.33. The van der Waals surface area contributed by atoms with Crippen LogP contribution in [0.1, 0.15) is 16.3 Å². The zero-order valence-electron chi connectivity index (χ0n) is 7.87. The van der Waals surface area contributed by atoms with Crippen molar-refractivity contribution in [2.24, 2.45) is 0 Å². The summed E-state index contributed by atoms with van der Waals surface area (Å²) in [5, 5.41) is 1.16. The number of benzene rings is 1. The fourth-order valence-corrected chi connectivity index (χ4v) is 2.78. The summed E-state index contributed by atoms with van der Waals surface area (Å²) in [6.07, 6.45) is 0.992. The van der Waals surface area contributed by atoms with Crippen LogP contribution in [0.3, 0.4) is 0 Å². The van der Waals surface area contributed by atoms with Crippen molar-refractivity contribution in [1.82, 2.24) is 4.98 Å². The Kier molecular flexibility index (Phi) is 2.87. The molecule has 0 fully saturated rings. The molecule has 1 aliphatic carbocycles. The number of aryl methyl sites for hydroxylation is 1. The van der Waals surface area contributed by atoms with E-state index in [2.05, 4.69) is 24.0 Å². The SMILES string of the molecule is Cc1nc2c(s1)-c1[c-]cccc1C2.[Y]. The Morgan fingerprint density at radius 3 is 3.21 bits per heavy atom. The molecule has 1 heterocycles. The zero-order chi connectivity index (χ0) is 8.84. The van der Waals surface area contributed by atoms with Crippen molar-refractivity contribution in [1.29, 1.82) is 0 Å². The molecule has 0 N–H and O–H groups in total. The predicted molar refractivity (Wildman–Crippen MR) is 53.9 cm³/mol. The fraction of sp³-hybridized carbons (Fsp3) is 0.182. The Balaban J connectivity index is 0.000000750. The van der Waals surface area contributed by atoms with Crippen LogP contribution in [0.2, 0.25) is 0 Å². The van der Waals surface area contributed by atoms with Gasteiger partial charge in [-0.2, -0.15) is 11.3 Å². The Labute approximate surface area is 112 Å². The third kappa shape index (κ3) is 1.50. The van der Waals surface area contributed by atoms with E-state index in [1.54, 1.807) is 11.3 Å². The van der Waals surface area contributed by atoms with Crippen LogP contribution < -0.4 is 0 Å². The first kappa shape index (κ1) is 10.5. The second-order valence-electron chi connectivity index (χ2n) is 3.26. The molecule has 1 aromatic carbocycles. The van der Waals surface area contributed by atoms with Gasteiger partial charge in [-0.1, -0.05) is 0 Å². The van der Waals surface area contributed by atoms with Crippen LogP contribution >= 0.6 is 11.3 Å². The number of rotatable bonds is 0. The first-order chi connectivity index (χ1) is 6.34. The molecule has 0 unspecified atom stereocenters. The van der Waals surface area contributed by atoms with E-state index in [0.29, 0.717) is 0 Å². The van der Waals surface area contributed by atoms with E-state index in [9.17, 15) is 0 Å². The van der Waals surface area contributed by atoms with Crippen LogP contribution in [0.5, 0.6) is 0 Å². The molecule has 3 rings (SSSR count). The van der Waals surface area contributed by atoms with Crippen molar-refractivity contribution in [3.05, 3.63) is 40.5 Å².